The van der Waals surface area contributed by atoms with Crippen LogP contribution in [0, 0.1) is 0 Å². The van der Waals surface area contributed by atoms with Crippen LogP contribution in [0.15, 0.2) is 41.3 Å². The average molecular weight is 409 g/mol. The lowest BCUT2D eigenvalue weighted by molar-refractivity contribution is 0.0526. The third-order valence-corrected chi connectivity index (χ3v) is 5.31. The summed E-state index contributed by atoms with van der Waals surface area (Å²) in [5.74, 6) is -0.588. The Morgan fingerprint density at radius 3 is 2.42 bits per heavy atom. The number of hydrogen-bond donors (Lipinski definition) is 1. The second-order valence-corrected chi connectivity index (χ2v) is 7.50. The minimum atomic E-state index is -3.97. The molecule has 0 unspecified atom stereocenters. The summed E-state index contributed by atoms with van der Waals surface area (Å²) in [6.07, 6.45) is 0. The van der Waals surface area contributed by atoms with Gasteiger partial charge in [-0.2, -0.15) is 0 Å². The van der Waals surface area contributed by atoms with E-state index in [1.807, 2.05) is 0 Å². The van der Waals surface area contributed by atoms with Crippen LogP contribution in [0.4, 0.5) is 5.69 Å². The zero-order valence-electron chi connectivity index (χ0n) is 12.3. The van der Waals surface area contributed by atoms with Crippen LogP contribution in [0.5, 0.6) is 0 Å². The lowest BCUT2D eigenvalue weighted by Gasteiger charge is -2.11. The normalized spacial score (nSPS) is 11.2. The van der Waals surface area contributed by atoms with E-state index in [9.17, 15) is 13.2 Å². The number of anilines is 1. The van der Waals surface area contributed by atoms with E-state index in [0.717, 1.165) is 0 Å². The number of esters is 1. The predicted molar refractivity (Wildman–Crippen MR) is 94.7 cm³/mol. The molecule has 0 heterocycles. The number of ether oxygens (including phenoxy) is 1. The first-order chi connectivity index (χ1) is 11.2. The molecule has 2 aromatic rings. The first kappa shape index (κ1) is 18.9. The van der Waals surface area contributed by atoms with Crippen molar-refractivity contribution in [3.8, 4) is 0 Å². The Hall–Kier alpha value is -1.47. The third-order valence-electron chi connectivity index (χ3n) is 2.90. The molecule has 0 aliphatic heterocycles. The summed E-state index contributed by atoms with van der Waals surface area (Å²) in [6.45, 7) is 1.87. The van der Waals surface area contributed by atoms with Gasteiger partial charge in [-0.05, 0) is 43.3 Å². The van der Waals surface area contributed by atoms with Gasteiger partial charge in [-0.25, -0.2) is 13.2 Å². The molecule has 9 heteroatoms. The minimum absolute atomic E-state index is 0.0288. The van der Waals surface area contributed by atoms with Gasteiger partial charge in [-0.15, -0.1) is 0 Å². The van der Waals surface area contributed by atoms with Crippen LogP contribution in [-0.2, 0) is 14.8 Å². The number of halogens is 3. The SMILES string of the molecule is CCOC(=O)c1ccc(NS(=O)(=O)c2cc(Cl)ccc2Cl)cc1Cl. The lowest BCUT2D eigenvalue weighted by atomic mass is 10.2. The summed E-state index contributed by atoms with van der Waals surface area (Å²) < 4.78 is 32.0. The van der Waals surface area contributed by atoms with Gasteiger partial charge in [0.25, 0.3) is 10.0 Å². The highest BCUT2D eigenvalue weighted by atomic mass is 35.5. The van der Waals surface area contributed by atoms with Crippen LogP contribution >= 0.6 is 34.8 Å². The number of rotatable bonds is 5. The van der Waals surface area contributed by atoms with E-state index < -0.39 is 16.0 Å². The van der Waals surface area contributed by atoms with Crippen molar-refractivity contribution in [2.75, 3.05) is 11.3 Å². The first-order valence-corrected chi connectivity index (χ1v) is 9.31. The van der Waals surface area contributed by atoms with Crippen molar-refractivity contribution in [2.24, 2.45) is 0 Å². The number of sulfonamides is 1. The molecule has 2 aromatic carbocycles. The monoisotopic (exact) mass is 407 g/mol. The number of carbonyl (C=O) groups excluding carboxylic acids is 1. The third kappa shape index (κ3) is 4.33. The van der Waals surface area contributed by atoms with Gasteiger partial charge >= 0.3 is 5.97 Å². The van der Waals surface area contributed by atoms with E-state index >= 15 is 0 Å². The zero-order chi connectivity index (χ0) is 17.9. The maximum Gasteiger partial charge on any atom is 0.339 e. The predicted octanol–water partition coefficient (Wildman–Crippen LogP) is 4.62. The molecule has 0 bridgehead atoms. The van der Waals surface area contributed by atoms with Gasteiger partial charge in [-0.3, -0.25) is 4.72 Å². The summed E-state index contributed by atoms with van der Waals surface area (Å²) in [5, 5.41) is 0.322. The van der Waals surface area contributed by atoms with Gasteiger partial charge in [-0.1, -0.05) is 34.8 Å². The minimum Gasteiger partial charge on any atom is -0.462 e. The molecule has 0 atom stereocenters. The summed E-state index contributed by atoms with van der Waals surface area (Å²) in [6, 6.07) is 8.18. The average Bonchev–Trinajstić information content (AvgIpc) is 2.49. The molecule has 0 spiro atoms. The van der Waals surface area contributed by atoms with Crippen LogP contribution in [0.3, 0.4) is 0 Å². The summed E-state index contributed by atoms with van der Waals surface area (Å²) in [5.41, 5.74) is 0.311. The molecule has 0 amide bonds. The lowest BCUT2D eigenvalue weighted by Crippen LogP contribution is -2.14. The smallest absolute Gasteiger partial charge is 0.339 e. The van der Waals surface area contributed by atoms with Crippen molar-refractivity contribution in [1.82, 2.24) is 0 Å². The molecular formula is C15H12Cl3NO4S. The molecule has 0 radical (unpaired) electrons. The quantitative estimate of drug-likeness (QED) is 0.732. The number of hydrogen-bond acceptors (Lipinski definition) is 4. The fourth-order valence-electron chi connectivity index (χ4n) is 1.85. The first-order valence-electron chi connectivity index (χ1n) is 6.69. The summed E-state index contributed by atoms with van der Waals surface area (Å²) in [7, 11) is -3.97. The zero-order valence-corrected chi connectivity index (χ0v) is 15.4. The number of benzene rings is 2. The molecule has 0 aliphatic carbocycles. The molecule has 128 valence electrons. The second-order valence-electron chi connectivity index (χ2n) is 4.60. The molecule has 0 saturated carbocycles. The highest BCUT2D eigenvalue weighted by Gasteiger charge is 2.20. The highest BCUT2D eigenvalue weighted by Crippen LogP contribution is 2.28. The number of carbonyl (C=O) groups is 1. The Morgan fingerprint density at radius 1 is 1.08 bits per heavy atom. The van der Waals surface area contributed by atoms with E-state index in [0.29, 0.717) is 0 Å². The van der Waals surface area contributed by atoms with Gasteiger partial charge < -0.3 is 4.74 Å². The standard InChI is InChI=1S/C15H12Cl3NO4S/c1-2-23-15(20)11-5-4-10(8-13(11)18)19-24(21,22)14-7-9(16)3-6-12(14)17/h3-8,19H,2H2,1H3. The molecule has 0 aromatic heterocycles. The van der Waals surface area contributed by atoms with Crippen LogP contribution in [0.1, 0.15) is 17.3 Å². The molecule has 5 nitrogen and oxygen atoms in total. The van der Waals surface area contributed by atoms with Crippen LogP contribution < -0.4 is 4.72 Å². The Labute approximate surface area is 154 Å². The van der Waals surface area contributed by atoms with Gasteiger partial charge in [0.05, 0.1) is 27.9 Å². The summed E-state index contributed by atoms with van der Waals surface area (Å²) in [4.78, 5) is 11.5. The van der Waals surface area contributed by atoms with Crippen molar-refractivity contribution in [3.63, 3.8) is 0 Å². The van der Waals surface area contributed by atoms with Crippen LogP contribution in [0.25, 0.3) is 0 Å². The maximum atomic E-state index is 12.4. The largest absolute Gasteiger partial charge is 0.462 e. The van der Waals surface area contributed by atoms with E-state index in [-0.39, 0.29) is 37.8 Å². The van der Waals surface area contributed by atoms with Gasteiger partial charge in [0.1, 0.15) is 4.90 Å². The van der Waals surface area contributed by atoms with Crippen molar-refractivity contribution < 1.29 is 17.9 Å². The summed E-state index contributed by atoms with van der Waals surface area (Å²) >= 11 is 17.7. The number of nitrogens with one attached hydrogen (secondary N) is 1. The van der Waals surface area contributed by atoms with E-state index in [2.05, 4.69) is 4.72 Å². The van der Waals surface area contributed by atoms with Crippen molar-refractivity contribution in [3.05, 3.63) is 57.0 Å². The highest BCUT2D eigenvalue weighted by molar-refractivity contribution is 7.92. The molecule has 24 heavy (non-hydrogen) atoms. The van der Waals surface area contributed by atoms with Crippen molar-refractivity contribution >= 4 is 56.5 Å². The van der Waals surface area contributed by atoms with E-state index in [4.69, 9.17) is 39.5 Å². The van der Waals surface area contributed by atoms with Crippen molar-refractivity contribution in [1.29, 1.82) is 0 Å². The molecular weight excluding hydrogens is 397 g/mol. The Bertz CT molecular complexity index is 884. The Morgan fingerprint density at radius 2 is 1.79 bits per heavy atom. The topological polar surface area (TPSA) is 72.5 Å². The van der Waals surface area contributed by atoms with Gasteiger partial charge in [0.2, 0.25) is 0 Å². The van der Waals surface area contributed by atoms with E-state index in [1.165, 1.54) is 36.4 Å². The van der Waals surface area contributed by atoms with Gasteiger partial charge in [0.15, 0.2) is 0 Å². The molecule has 0 fully saturated rings. The fraction of sp³-hybridized carbons (Fsp3) is 0.133. The van der Waals surface area contributed by atoms with Crippen molar-refractivity contribution in [2.45, 2.75) is 11.8 Å². The fourth-order valence-corrected chi connectivity index (χ4v) is 3.92. The Balaban J connectivity index is 2.32. The molecule has 0 aliphatic rings. The molecule has 1 N–H and O–H groups in total. The maximum absolute atomic E-state index is 12.4. The van der Waals surface area contributed by atoms with E-state index in [1.54, 1.807) is 6.92 Å². The molecule has 2 rings (SSSR count). The van der Waals surface area contributed by atoms with Gasteiger partial charge in [0, 0.05) is 5.02 Å². The van der Waals surface area contributed by atoms with Crippen LogP contribution in [-0.4, -0.2) is 21.0 Å². The molecule has 0 saturated heterocycles. The second kappa shape index (κ2) is 7.61. The van der Waals surface area contributed by atoms with Crippen LogP contribution in [0.2, 0.25) is 15.1 Å². The Kier molecular flexibility index (Phi) is 5.98.